The quantitative estimate of drug-likeness (QED) is 0.428. The molecule has 4 amide bonds. The number of phenols is 1. The first kappa shape index (κ1) is 22.0. The number of anilines is 1. The molecule has 1 fully saturated rings. The number of nitrogens with one attached hydrogen (secondary N) is 1. The predicted octanol–water partition coefficient (Wildman–Crippen LogP) is 4.43. The molecule has 2 N–H and O–H groups in total. The number of nitrogens with zero attached hydrogens (tertiary/aromatic N) is 1. The van der Waals surface area contributed by atoms with E-state index in [1.54, 1.807) is 24.3 Å². The van der Waals surface area contributed by atoms with E-state index in [1.807, 2.05) is 0 Å². The zero-order valence-electron chi connectivity index (χ0n) is 16.9. The lowest BCUT2D eigenvalue weighted by atomic mass is 10.1. The van der Waals surface area contributed by atoms with Crippen LogP contribution in [0.4, 0.5) is 14.9 Å². The van der Waals surface area contributed by atoms with Crippen molar-refractivity contribution in [2.75, 3.05) is 4.90 Å². The van der Waals surface area contributed by atoms with Gasteiger partial charge in [0.25, 0.3) is 11.8 Å². The van der Waals surface area contributed by atoms with Crippen molar-refractivity contribution in [2.24, 2.45) is 0 Å². The van der Waals surface area contributed by atoms with E-state index in [1.165, 1.54) is 48.5 Å². The molecule has 1 aliphatic heterocycles. The van der Waals surface area contributed by atoms with Crippen LogP contribution in [-0.4, -0.2) is 23.0 Å². The number of hydrogen-bond donors (Lipinski definition) is 2. The Kier molecular flexibility index (Phi) is 6.10. The molecule has 1 saturated heterocycles. The SMILES string of the molecule is O=C1NC(=O)N(c2ccc(O)cc2)C(=O)C1=Cc1ccc(OCc2cccc(F)c2)c(Cl)c1. The zero-order chi connectivity index (χ0) is 23.5. The summed E-state index contributed by atoms with van der Waals surface area (Å²) < 4.78 is 18.9. The number of barbiturate groups is 1. The summed E-state index contributed by atoms with van der Waals surface area (Å²) in [6.07, 6.45) is 1.31. The third-order valence-corrected chi connectivity index (χ3v) is 5.06. The van der Waals surface area contributed by atoms with Crippen LogP contribution in [0.15, 0.2) is 72.3 Å². The van der Waals surface area contributed by atoms with Gasteiger partial charge >= 0.3 is 6.03 Å². The molecule has 4 rings (SSSR count). The molecular formula is C24H16ClFN2O5. The highest BCUT2D eigenvalue weighted by atomic mass is 35.5. The number of phenolic OH excluding ortho intramolecular Hbond substituents is 1. The Morgan fingerprint density at radius 3 is 2.48 bits per heavy atom. The summed E-state index contributed by atoms with van der Waals surface area (Å²) in [5.41, 5.74) is 0.970. The standard InChI is InChI=1S/C24H16ClFN2O5/c25-20-12-14(4-9-21(20)33-13-15-2-1-3-16(26)10-15)11-19-22(30)27-24(32)28(23(19)31)17-5-7-18(29)8-6-17/h1-12,29H,13H2,(H,27,30,32). The van der Waals surface area contributed by atoms with Crippen LogP contribution in [0.1, 0.15) is 11.1 Å². The van der Waals surface area contributed by atoms with Crippen LogP contribution in [0.25, 0.3) is 6.08 Å². The Morgan fingerprint density at radius 2 is 1.79 bits per heavy atom. The van der Waals surface area contributed by atoms with Crippen LogP contribution >= 0.6 is 11.6 Å². The number of carbonyl (C=O) groups is 3. The molecule has 9 heteroatoms. The lowest BCUT2D eigenvalue weighted by Crippen LogP contribution is -2.54. The maximum atomic E-state index is 13.3. The van der Waals surface area contributed by atoms with Gasteiger partial charge in [0.1, 0.15) is 29.5 Å². The number of aromatic hydroxyl groups is 1. The van der Waals surface area contributed by atoms with E-state index in [0.29, 0.717) is 16.9 Å². The topological polar surface area (TPSA) is 95.9 Å². The fourth-order valence-corrected chi connectivity index (χ4v) is 3.42. The van der Waals surface area contributed by atoms with Crippen LogP contribution in [-0.2, 0) is 16.2 Å². The Balaban J connectivity index is 1.56. The van der Waals surface area contributed by atoms with Gasteiger partial charge in [-0.05, 0) is 65.7 Å². The Morgan fingerprint density at radius 1 is 1.03 bits per heavy atom. The first-order valence-electron chi connectivity index (χ1n) is 9.69. The molecule has 166 valence electrons. The van der Waals surface area contributed by atoms with Gasteiger partial charge in [0, 0.05) is 0 Å². The second-order valence-corrected chi connectivity index (χ2v) is 7.49. The number of benzene rings is 3. The first-order chi connectivity index (χ1) is 15.8. The second kappa shape index (κ2) is 9.13. The number of rotatable bonds is 5. The smallest absolute Gasteiger partial charge is 0.335 e. The molecule has 0 aliphatic carbocycles. The van der Waals surface area contributed by atoms with Gasteiger partial charge in [0.2, 0.25) is 0 Å². The van der Waals surface area contributed by atoms with E-state index in [2.05, 4.69) is 5.32 Å². The predicted molar refractivity (Wildman–Crippen MR) is 119 cm³/mol. The molecule has 0 atom stereocenters. The van der Waals surface area contributed by atoms with E-state index in [0.717, 1.165) is 4.90 Å². The lowest BCUT2D eigenvalue weighted by molar-refractivity contribution is -0.122. The zero-order valence-corrected chi connectivity index (χ0v) is 17.7. The summed E-state index contributed by atoms with van der Waals surface area (Å²) >= 11 is 6.28. The van der Waals surface area contributed by atoms with Crippen molar-refractivity contribution in [3.63, 3.8) is 0 Å². The number of halogens is 2. The third-order valence-electron chi connectivity index (χ3n) is 4.76. The molecule has 7 nitrogen and oxygen atoms in total. The molecule has 3 aromatic rings. The second-order valence-electron chi connectivity index (χ2n) is 7.08. The van der Waals surface area contributed by atoms with Gasteiger partial charge in [-0.3, -0.25) is 14.9 Å². The van der Waals surface area contributed by atoms with Crippen LogP contribution in [0, 0.1) is 5.82 Å². The minimum absolute atomic E-state index is 0.0372. The molecule has 1 aliphatic rings. The van der Waals surface area contributed by atoms with Gasteiger partial charge in [0.05, 0.1) is 10.7 Å². The summed E-state index contributed by atoms with van der Waals surface area (Å²) in [4.78, 5) is 38.2. The maximum Gasteiger partial charge on any atom is 0.335 e. The van der Waals surface area contributed by atoms with Crippen molar-refractivity contribution < 1.29 is 28.6 Å². The number of amides is 4. The normalized spacial score (nSPS) is 15.0. The van der Waals surface area contributed by atoms with E-state index < -0.39 is 17.8 Å². The van der Waals surface area contributed by atoms with Crippen molar-refractivity contribution in [3.05, 3.63) is 94.3 Å². The van der Waals surface area contributed by atoms with E-state index in [9.17, 15) is 23.9 Å². The molecule has 0 unspecified atom stereocenters. The molecule has 0 spiro atoms. The number of urea groups is 1. The van der Waals surface area contributed by atoms with Crippen LogP contribution < -0.4 is 15.0 Å². The van der Waals surface area contributed by atoms with Gasteiger partial charge in [-0.25, -0.2) is 14.1 Å². The van der Waals surface area contributed by atoms with E-state index >= 15 is 0 Å². The fraction of sp³-hybridized carbons (Fsp3) is 0.0417. The average molecular weight is 467 g/mol. The van der Waals surface area contributed by atoms with Crippen molar-refractivity contribution in [1.82, 2.24) is 5.32 Å². The average Bonchev–Trinajstić information content (AvgIpc) is 2.77. The van der Waals surface area contributed by atoms with Crippen molar-refractivity contribution >= 4 is 41.2 Å². The van der Waals surface area contributed by atoms with E-state index in [-0.39, 0.29) is 34.5 Å². The molecular weight excluding hydrogens is 451 g/mol. The molecule has 0 aromatic heterocycles. The number of carbonyl (C=O) groups excluding carboxylic acids is 3. The summed E-state index contributed by atoms with van der Waals surface area (Å²) in [5, 5.41) is 11.8. The largest absolute Gasteiger partial charge is 0.508 e. The van der Waals surface area contributed by atoms with Crippen molar-refractivity contribution in [3.8, 4) is 11.5 Å². The molecule has 0 bridgehead atoms. The summed E-state index contributed by atoms with van der Waals surface area (Å²) in [6, 6.07) is 15.1. The van der Waals surface area contributed by atoms with Crippen LogP contribution in [0.3, 0.4) is 0 Å². The first-order valence-corrected chi connectivity index (χ1v) is 10.1. The van der Waals surface area contributed by atoms with Crippen molar-refractivity contribution in [2.45, 2.75) is 6.61 Å². The minimum Gasteiger partial charge on any atom is -0.508 e. The molecule has 1 heterocycles. The van der Waals surface area contributed by atoms with Gasteiger partial charge in [-0.1, -0.05) is 29.8 Å². The van der Waals surface area contributed by atoms with Gasteiger partial charge in [0.15, 0.2) is 0 Å². The maximum absolute atomic E-state index is 13.3. The molecule has 0 saturated carbocycles. The molecule has 3 aromatic carbocycles. The highest BCUT2D eigenvalue weighted by molar-refractivity contribution is 6.39. The highest BCUT2D eigenvalue weighted by Gasteiger charge is 2.36. The van der Waals surface area contributed by atoms with Crippen LogP contribution in [0.2, 0.25) is 5.02 Å². The lowest BCUT2D eigenvalue weighted by Gasteiger charge is -2.26. The molecule has 33 heavy (non-hydrogen) atoms. The monoisotopic (exact) mass is 466 g/mol. The van der Waals surface area contributed by atoms with Gasteiger partial charge in [-0.2, -0.15) is 0 Å². The molecule has 0 radical (unpaired) electrons. The third kappa shape index (κ3) is 4.86. The number of ether oxygens (including phenoxy) is 1. The fourth-order valence-electron chi connectivity index (χ4n) is 3.17. The van der Waals surface area contributed by atoms with E-state index in [4.69, 9.17) is 16.3 Å². The van der Waals surface area contributed by atoms with Gasteiger partial charge in [-0.15, -0.1) is 0 Å². The number of hydrogen-bond acceptors (Lipinski definition) is 5. The Hall–Kier alpha value is -4.17. The summed E-state index contributed by atoms with van der Waals surface area (Å²) in [5.74, 6) is -1.74. The Labute approximate surface area is 192 Å². The Bertz CT molecular complexity index is 1290. The highest BCUT2D eigenvalue weighted by Crippen LogP contribution is 2.29. The van der Waals surface area contributed by atoms with Crippen molar-refractivity contribution in [1.29, 1.82) is 0 Å². The minimum atomic E-state index is -0.896. The summed E-state index contributed by atoms with van der Waals surface area (Å²) in [6.45, 7) is 0.0997. The van der Waals surface area contributed by atoms with Crippen LogP contribution in [0.5, 0.6) is 11.5 Å². The number of imide groups is 2. The summed E-state index contributed by atoms with van der Waals surface area (Å²) in [7, 11) is 0. The van der Waals surface area contributed by atoms with Gasteiger partial charge < -0.3 is 9.84 Å².